The van der Waals surface area contributed by atoms with Crippen LogP contribution in [0.2, 0.25) is 0 Å². The van der Waals surface area contributed by atoms with Crippen molar-refractivity contribution in [3.63, 3.8) is 0 Å². The third-order valence-corrected chi connectivity index (χ3v) is 4.16. The van der Waals surface area contributed by atoms with Gasteiger partial charge in [0.1, 0.15) is 0 Å². The van der Waals surface area contributed by atoms with Gasteiger partial charge in [-0.25, -0.2) is 0 Å². The fourth-order valence-corrected chi connectivity index (χ4v) is 2.95. The number of ketones is 1. The molecule has 0 aliphatic rings. The number of hydrogen-bond acceptors (Lipinski definition) is 2. The molecule has 1 N–H and O–H groups in total. The maximum atomic E-state index is 12.9. The van der Waals surface area contributed by atoms with E-state index in [2.05, 4.69) is 74.6 Å². The van der Waals surface area contributed by atoms with Gasteiger partial charge in [-0.15, -0.1) is 0 Å². The number of hydrogen-bond donors (Lipinski definition) is 1. The first-order valence-electron chi connectivity index (χ1n) is 9.03. The molecule has 0 saturated carbocycles. The summed E-state index contributed by atoms with van der Waals surface area (Å²) >= 11 is 0. The Hall–Kier alpha value is -1.93. The van der Waals surface area contributed by atoms with Crippen molar-refractivity contribution >= 4 is 5.78 Å². The summed E-state index contributed by atoms with van der Waals surface area (Å²) in [7, 11) is 0. The highest BCUT2D eigenvalue weighted by Crippen LogP contribution is 2.23. The summed E-state index contributed by atoms with van der Waals surface area (Å²) in [6.45, 7) is 12.3. The monoisotopic (exact) mass is 337 g/mol. The van der Waals surface area contributed by atoms with Crippen molar-refractivity contribution in [1.29, 1.82) is 0 Å². The second-order valence-corrected chi connectivity index (χ2v) is 8.83. The molecular formula is C23H31NO. The van der Waals surface area contributed by atoms with Crippen molar-refractivity contribution in [2.45, 2.75) is 59.5 Å². The molecule has 2 aromatic carbocycles. The lowest BCUT2D eigenvalue weighted by molar-refractivity contribution is -0.128. The zero-order valence-electron chi connectivity index (χ0n) is 16.4. The van der Waals surface area contributed by atoms with Gasteiger partial charge in [-0.2, -0.15) is 0 Å². The van der Waals surface area contributed by atoms with Gasteiger partial charge < -0.3 is 5.32 Å². The van der Waals surface area contributed by atoms with E-state index in [0.717, 1.165) is 0 Å². The first-order chi connectivity index (χ1) is 11.6. The Labute approximate surface area is 152 Å². The molecule has 0 heterocycles. The average Bonchev–Trinajstić information content (AvgIpc) is 2.53. The maximum absolute atomic E-state index is 12.9. The van der Waals surface area contributed by atoms with E-state index < -0.39 is 0 Å². The van der Waals surface area contributed by atoms with Crippen molar-refractivity contribution in [2.24, 2.45) is 5.41 Å². The third-order valence-electron chi connectivity index (χ3n) is 4.16. The lowest BCUT2D eigenvalue weighted by atomic mass is 9.83. The largest absolute Gasteiger partial charge is 0.302 e. The van der Waals surface area contributed by atoms with Gasteiger partial charge >= 0.3 is 0 Å². The zero-order valence-corrected chi connectivity index (χ0v) is 16.4. The van der Waals surface area contributed by atoms with Crippen molar-refractivity contribution in [3.8, 4) is 11.1 Å². The van der Waals surface area contributed by atoms with Crippen LogP contribution in [0.3, 0.4) is 0 Å². The van der Waals surface area contributed by atoms with Crippen molar-refractivity contribution in [2.75, 3.05) is 0 Å². The zero-order chi connectivity index (χ0) is 18.7. The highest BCUT2D eigenvalue weighted by Gasteiger charge is 2.31. The molecule has 25 heavy (non-hydrogen) atoms. The molecule has 2 nitrogen and oxygen atoms in total. The van der Waals surface area contributed by atoms with E-state index in [1.807, 2.05) is 26.8 Å². The fourth-order valence-electron chi connectivity index (χ4n) is 2.95. The second-order valence-electron chi connectivity index (χ2n) is 8.83. The molecule has 0 aromatic heterocycles. The minimum atomic E-state index is -0.354. The molecule has 0 unspecified atom stereocenters. The summed E-state index contributed by atoms with van der Waals surface area (Å²) in [6, 6.07) is 18.7. The van der Waals surface area contributed by atoms with Crippen LogP contribution in [-0.4, -0.2) is 17.4 Å². The van der Waals surface area contributed by atoms with Crippen LogP contribution in [0, 0.1) is 5.41 Å². The Balaban J connectivity index is 2.19. The maximum Gasteiger partial charge on any atom is 0.155 e. The lowest BCUT2D eigenvalue weighted by Gasteiger charge is -2.32. The van der Waals surface area contributed by atoms with Gasteiger partial charge in [0.2, 0.25) is 0 Å². The SMILES string of the molecule is CC(C)(C)N[C@@H](Cc1ccc(-c2ccccc2)cc1)C(=O)C(C)(C)C. The topological polar surface area (TPSA) is 29.1 Å². The summed E-state index contributed by atoms with van der Waals surface area (Å²) in [6.07, 6.45) is 0.711. The van der Waals surface area contributed by atoms with Crippen molar-refractivity contribution in [3.05, 3.63) is 60.2 Å². The Morgan fingerprint density at radius 2 is 1.36 bits per heavy atom. The third kappa shape index (κ3) is 5.82. The molecular weight excluding hydrogens is 306 g/mol. The predicted molar refractivity (Wildman–Crippen MR) is 107 cm³/mol. The standard InChI is InChI=1S/C23H31NO/c1-22(2,3)21(25)20(24-23(4,5)6)16-17-12-14-19(15-13-17)18-10-8-7-9-11-18/h7-15,20,24H,16H2,1-6H3/t20-/m0/s1. The van der Waals surface area contributed by atoms with Gasteiger partial charge in [-0.1, -0.05) is 75.4 Å². The lowest BCUT2D eigenvalue weighted by Crippen LogP contribution is -2.51. The Kier molecular flexibility index (Phi) is 5.84. The summed E-state index contributed by atoms with van der Waals surface area (Å²) < 4.78 is 0. The molecule has 0 amide bonds. The molecule has 0 aliphatic heterocycles. The molecule has 0 aliphatic carbocycles. The van der Waals surface area contributed by atoms with Gasteiger partial charge in [-0.05, 0) is 43.9 Å². The Bertz CT molecular complexity index is 688. The molecule has 0 fully saturated rings. The summed E-state index contributed by atoms with van der Waals surface area (Å²) in [5.41, 5.74) is 3.14. The van der Waals surface area contributed by atoms with Crippen LogP contribution in [0.4, 0.5) is 0 Å². The van der Waals surface area contributed by atoms with E-state index >= 15 is 0 Å². The molecule has 0 radical (unpaired) electrons. The Morgan fingerprint density at radius 3 is 1.84 bits per heavy atom. The molecule has 2 rings (SSSR count). The van der Waals surface area contributed by atoms with Crippen LogP contribution >= 0.6 is 0 Å². The van der Waals surface area contributed by atoms with E-state index in [9.17, 15) is 4.79 Å². The van der Waals surface area contributed by atoms with E-state index in [4.69, 9.17) is 0 Å². The highest BCUT2D eigenvalue weighted by molar-refractivity contribution is 5.89. The molecule has 0 saturated heterocycles. The highest BCUT2D eigenvalue weighted by atomic mass is 16.1. The quantitative estimate of drug-likeness (QED) is 0.805. The van der Waals surface area contributed by atoms with Crippen LogP contribution in [0.1, 0.15) is 47.1 Å². The van der Waals surface area contributed by atoms with Crippen LogP contribution < -0.4 is 5.32 Å². The number of benzene rings is 2. The van der Waals surface area contributed by atoms with Crippen LogP contribution in [-0.2, 0) is 11.2 Å². The van der Waals surface area contributed by atoms with E-state index in [0.29, 0.717) is 6.42 Å². The minimum absolute atomic E-state index is 0.102. The number of carbonyl (C=O) groups excluding carboxylic acids is 1. The van der Waals surface area contributed by atoms with E-state index in [1.165, 1.54) is 16.7 Å². The molecule has 0 bridgehead atoms. The van der Waals surface area contributed by atoms with Gasteiger partial charge in [0, 0.05) is 11.0 Å². The van der Waals surface area contributed by atoms with E-state index in [-0.39, 0.29) is 22.8 Å². The number of carbonyl (C=O) groups is 1. The number of nitrogens with one attached hydrogen (secondary N) is 1. The second kappa shape index (κ2) is 7.53. The molecule has 2 aromatic rings. The Morgan fingerprint density at radius 1 is 0.840 bits per heavy atom. The van der Waals surface area contributed by atoms with Gasteiger partial charge in [-0.3, -0.25) is 4.79 Å². The molecule has 134 valence electrons. The van der Waals surface area contributed by atoms with E-state index in [1.54, 1.807) is 0 Å². The molecule has 2 heteroatoms. The van der Waals surface area contributed by atoms with Gasteiger partial charge in [0.05, 0.1) is 6.04 Å². The predicted octanol–water partition coefficient (Wildman–Crippen LogP) is 5.27. The average molecular weight is 338 g/mol. The van der Waals surface area contributed by atoms with Crippen LogP contribution in [0.15, 0.2) is 54.6 Å². The summed E-state index contributed by atoms with van der Waals surface area (Å²) in [5, 5.41) is 3.51. The number of rotatable bonds is 5. The van der Waals surface area contributed by atoms with Crippen molar-refractivity contribution < 1.29 is 4.79 Å². The smallest absolute Gasteiger partial charge is 0.155 e. The minimum Gasteiger partial charge on any atom is -0.302 e. The molecule has 0 spiro atoms. The van der Waals surface area contributed by atoms with Gasteiger partial charge in [0.25, 0.3) is 0 Å². The van der Waals surface area contributed by atoms with Gasteiger partial charge in [0.15, 0.2) is 5.78 Å². The van der Waals surface area contributed by atoms with Crippen molar-refractivity contribution in [1.82, 2.24) is 5.32 Å². The first kappa shape index (κ1) is 19.4. The van der Waals surface area contributed by atoms with Crippen LogP contribution in [0.25, 0.3) is 11.1 Å². The first-order valence-corrected chi connectivity index (χ1v) is 9.03. The number of Topliss-reactive ketones (excluding diaryl/α,β-unsaturated/α-hetero) is 1. The normalized spacial score (nSPS) is 13.5. The molecule has 1 atom stereocenters. The fraction of sp³-hybridized carbons (Fsp3) is 0.435. The summed E-state index contributed by atoms with van der Waals surface area (Å²) in [5.74, 6) is 0.259. The van der Waals surface area contributed by atoms with Crippen LogP contribution in [0.5, 0.6) is 0 Å². The summed E-state index contributed by atoms with van der Waals surface area (Å²) in [4.78, 5) is 12.9.